The molecule has 4 heteroatoms. The normalized spacial score (nSPS) is 10.9. The molecule has 0 aliphatic rings. The number of aryl methyl sites for hydroxylation is 1. The Hall–Kier alpha value is -1.84. The number of benzene rings is 1. The van der Waals surface area contributed by atoms with E-state index in [-0.39, 0.29) is 0 Å². The van der Waals surface area contributed by atoms with Gasteiger partial charge in [0.2, 0.25) is 0 Å². The fraction of sp³-hybridized carbons (Fsp3) is 0.385. The van der Waals surface area contributed by atoms with E-state index < -0.39 is 11.4 Å². The second-order valence-corrected chi connectivity index (χ2v) is 4.03. The molecular weight excluding hydrogens is 218 g/mol. The van der Waals surface area contributed by atoms with Crippen LogP contribution in [0.3, 0.4) is 0 Å². The standard InChI is InChI=1S/C13H15NO3/c1-2-3-6-9-14-11-8-5-4-7-10(11)12(15)17-13(14)16/h4-5,7-8H,2-3,6,9H2,1H3. The van der Waals surface area contributed by atoms with Crippen LogP contribution >= 0.6 is 0 Å². The summed E-state index contributed by atoms with van der Waals surface area (Å²) >= 11 is 0. The largest absolute Gasteiger partial charge is 0.422 e. The highest BCUT2D eigenvalue weighted by atomic mass is 16.4. The molecule has 0 bridgehead atoms. The molecule has 1 heterocycles. The van der Waals surface area contributed by atoms with Crippen LogP contribution in [0.2, 0.25) is 0 Å². The third-order valence-corrected chi connectivity index (χ3v) is 2.80. The average Bonchev–Trinajstić information content (AvgIpc) is 2.33. The highest BCUT2D eigenvalue weighted by molar-refractivity contribution is 5.77. The number of hydrogen-bond donors (Lipinski definition) is 0. The van der Waals surface area contributed by atoms with Gasteiger partial charge in [0.25, 0.3) is 0 Å². The van der Waals surface area contributed by atoms with E-state index >= 15 is 0 Å². The van der Waals surface area contributed by atoms with E-state index in [1.54, 1.807) is 18.2 Å². The monoisotopic (exact) mass is 233 g/mol. The number of unbranched alkanes of at least 4 members (excludes halogenated alkanes) is 2. The summed E-state index contributed by atoms with van der Waals surface area (Å²) in [5.41, 5.74) is 0.0993. The lowest BCUT2D eigenvalue weighted by Crippen LogP contribution is -2.25. The van der Waals surface area contributed by atoms with Crippen molar-refractivity contribution in [1.29, 1.82) is 0 Å². The molecular formula is C13H15NO3. The fourth-order valence-corrected chi connectivity index (χ4v) is 1.90. The lowest BCUT2D eigenvalue weighted by Gasteiger charge is -2.07. The molecule has 0 radical (unpaired) electrons. The van der Waals surface area contributed by atoms with Gasteiger partial charge in [-0.05, 0) is 18.6 Å². The molecule has 0 aliphatic heterocycles. The molecule has 2 aromatic rings. The van der Waals surface area contributed by atoms with Gasteiger partial charge in [-0.25, -0.2) is 9.59 Å². The van der Waals surface area contributed by atoms with E-state index in [0.29, 0.717) is 17.4 Å². The minimum absolute atomic E-state index is 0.462. The maximum absolute atomic E-state index is 11.6. The van der Waals surface area contributed by atoms with Gasteiger partial charge in [0.1, 0.15) is 0 Å². The molecule has 2 rings (SSSR count). The van der Waals surface area contributed by atoms with E-state index in [0.717, 1.165) is 19.3 Å². The van der Waals surface area contributed by atoms with E-state index in [9.17, 15) is 9.59 Å². The summed E-state index contributed by atoms with van der Waals surface area (Å²) in [6.45, 7) is 2.70. The predicted octanol–water partition coefficient (Wildman–Crippen LogP) is 2.14. The Balaban J connectivity index is 2.54. The smallest absolute Gasteiger partial charge is 0.372 e. The summed E-state index contributed by atoms with van der Waals surface area (Å²) in [4.78, 5) is 23.1. The maximum atomic E-state index is 11.6. The zero-order chi connectivity index (χ0) is 12.3. The van der Waals surface area contributed by atoms with Crippen molar-refractivity contribution in [2.75, 3.05) is 0 Å². The number of aromatic nitrogens is 1. The van der Waals surface area contributed by atoms with Crippen LogP contribution in [0.1, 0.15) is 26.2 Å². The molecule has 0 aliphatic carbocycles. The maximum Gasteiger partial charge on any atom is 0.422 e. The van der Waals surface area contributed by atoms with Crippen LogP contribution in [0.15, 0.2) is 38.3 Å². The molecule has 0 N–H and O–H groups in total. The third-order valence-electron chi connectivity index (χ3n) is 2.80. The summed E-state index contributed by atoms with van der Waals surface area (Å²) < 4.78 is 6.24. The van der Waals surface area contributed by atoms with Crippen LogP contribution < -0.4 is 11.4 Å². The number of para-hydroxylation sites is 1. The van der Waals surface area contributed by atoms with Crippen molar-refractivity contribution in [3.63, 3.8) is 0 Å². The first-order valence-electron chi connectivity index (χ1n) is 5.86. The molecule has 0 spiro atoms. The summed E-state index contributed by atoms with van der Waals surface area (Å²) in [6, 6.07) is 7.04. The Morgan fingerprint density at radius 1 is 1.18 bits per heavy atom. The number of hydrogen-bond acceptors (Lipinski definition) is 3. The molecule has 1 aromatic heterocycles. The molecule has 17 heavy (non-hydrogen) atoms. The highest BCUT2D eigenvalue weighted by Crippen LogP contribution is 2.08. The Morgan fingerprint density at radius 3 is 2.71 bits per heavy atom. The van der Waals surface area contributed by atoms with Crippen LogP contribution in [-0.2, 0) is 6.54 Å². The van der Waals surface area contributed by atoms with Gasteiger partial charge in [0.15, 0.2) is 0 Å². The Bertz CT molecular complexity index is 624. The lowest BCUT2D eigenvalue weighted by molar-refractivity contribution is 0.410. The lowest BCUT2D eigenvalue weighted by atomic mass is 10.2. The molecule has 0 saturated carbocycles. The van der Waals surface area contributed by atoms with Gasteiger partial charge >= 0.3 is 11.4 Å². The van der Waals surface area contributed by atoms with E-state index in [4.69, 9.17) is 4.42 Å². The van der Waals surface area contributed by atoms with Crippen LogP contribution in [0, 0.1) is 0 Å². The average molecular weight is 233 g/mol. The van der Waals surface area contributed by atoms with Gasteiger partial charge < -0.3 is 4.42 Å². The van der Waals surface area contributed by atoms with Gasteiger partial charge in [0.05, 0.1) is 10.9 Å². The van der Waals surface area contributed by atoms with Crippen LogP contribution in [0.4, 0.5) is 0 Å². The summed E-state index contributed by atoms with van der Waals surface area (Å²) in [5, 5.41) is 0.462. The van der Waals surface area contributed by atoms with Crippen LogP contribution in [0.25, 0.3) is 10.9 Å². The topological polar surface area (TPSA) is 52.2 Å². The van der Waals surface area contributed by atoms with Crippen molar-refractivity contribution in [1.82, 2.24) is 4.57 Å². The minimum Gasteiger partial charge on any atom is -0.372 e. The zero-order valence-electron chi connectivity index (χ0n) is 9.81. The van der Waals surface area contributed by atoms with Gasteiger partial charge in [-0.1, -0.05) is 31.9 Å². The highest BCUT2D eigenvalue weighted by Gasteiger charge is 2.07. The van der Waals surface area contributed by atoms with Crippen molar-refractivity contribution in [3.05, 3.63) is 45.2 Å². The quantitative estimate of drug-likeness (QED) is 0.760. The summed E-state index contributed by atoms with van der Waals surface area (Å²) in [6.07, 6.45) is 3.05. The van der Waals surface area contributed by atoms with Gasteiger partial charge in [-0.2, -0.15) is 0 Å². The minimum atomic E-state index is -0.565. The summed E-state index contributed by atoms with van der Waals surface area (Å²) in [7, 11) is 0. The molecule has 4 nitrogen and oxygen atoms in total. The molecule has 1 aromatic carbocycles. The van der Waals surface area contributed by atoms with Crippen molar-refractivity contribution in [2.24, 2.45) is 0 Å². The second kappa shape index (κ2) is 4.99. The van der Waals surface area contributed by atoms with Gasteiger partial charge in [-0.15, -0.1) is 0 Å². The SMILES string of the molecule is CCCCCn1c(=O)oc(=O)c2ccccc21. The Morgan fingerprint density at radius 2 is 1.94 bits per heavy atom. The van der Waals surface area contributed by atoms with Gasteiger partial charge in [-0.3, -0.25) is 4.57 Å². The fourth-order valence-electron chi connectivity index (χ4n) is 1.90. The Kier molecular flexibility index (Phi) is 3.42. The van der Waals surface area contributed by atoms with Gasteiger partial charge in [0, 0.05) is 6.54 Å². The molecule has 0 atom stereocenters. The molecule has 0 amide bonds. The predicted molar refractivity (Wildman–Crippen MR) is 66.3 cm³/mol. The van der Waals surface area contributed by atoms with Crippen molar-refractivity contribution >= 4 is 10.9 Å². The van der Waals surface area contributed by atoms with Crippen molar-refractivity contribution < 1.29 is 4.42 Å². The van der Waals surface area contributed by atoms with E-state index in [1.165, 1.54) is 4.57 Å². The first kappa shape index (κ1) is 11.6. The molecule has 0 fully saturated rings. The van der Waals surface area contributed by atoms with Crippen LogP contribution in [-0.4, -0.2) is 4.57 Å². The number of fused-ring (bicyclic) bond motifs is 1. The number of nitrogens with zero attached hydrogens (tertiary/aromatic N) is 1. The van der Waals surface area contributed by atoms with E-state index in [2.05, 4.69) is 6.92 Å². The zero-order valence-corrected chi connectivity index (χ0v) is 9.81. The van der Waals surface area contributed by atoms with E-state index in [1.807, 2.05) is 6.07 Å². The van der Waals surface area contributed by atoms with Crippen molar-refractivity contribution in [3.8, 4) is 0 Å². The number of rotatable bonds is 4. The first-order chi connectivity index (χ1) is 8.24. The molecule has 90 valence electrons. The third kappa shape index (κ3) is 2.30. The molecule has 0 saturated heterocycles. The van der Waals surface area contributed by atoms with Crippen LogP contribution in [0.5, 0.6) is 0 Å². The van der Waals surface area contributed by atoms with Crippen molar-refractivity contribution in [2.45, 2.75) is 32.7 Å². The summed E-state index contributed by atoms with van der Waals surface area (Å²) in [5.74, 6) is -0.565. The second-order valence-electron chi connectivity index (χ2n) is 4.03. The Labute approximate surface area is 98.5 Å². The molecule has 0 unspecified atom stereocenters. The first-order valence-corrected chi connectivity index (χ1v) is 5.86.